The van der Waals surface area contributed by atoms with Crippen molar-refractivity contribution >= 4 is 6.09 Å². The minimum Gasteiger partial charge on any atom is -0.465 e. The van der Waals surface area contributed by atoms with Gasteiger partial charge >= 0.3 is 6.09 Å². The number of hydrogen-bond acceptors (Lipinski definition) is 1. The molecule has 0 aliphatic heterocycles. The number of carboxylic acid groups (broad SMARTS) is 1. The van der Waals surface area contributed by atoms with Crippen LogP contribution in [0.5, 0.6) is 0 Å². The van der Waals surface area contributed by atoms with E-state index in [2.05, 4.69) is 6.92 Å². The van der Waals surface area contributed by atoms with E-state index in [1.165, 1.54) is 4.90 Å². The average molecular weight is 159 g/mol. The smallest absolute Gasteiger partial charge is 0.407 e. The molecule has 0 aromatic rings. The third-order valence-corrected chi connectivity index (χ3v) is 1.55. The number of amides is 1. The van der Waals surface area contributed by atoms with Gasteiger partial charge in [0, 0.05) is 13.1 Å². The summed E-state index contributed by atoms with van der Waals surface area (Å²) in [4.78, 5) is 12.0. The van der Waals surface area contributed by atoms with Gasteiger partial charge in [0.15, 0.2) is 0 Å². The summed E-state index contributed by atoms with van der Waals surface area (Å²) in [5.41, 5.74) is 0. The summed E-state index contributed by atoms with van der Waals surface area (Å²) in [5.74, 6) is 0. The predicted octanol–water partition coefficient (Wildman–Crippen LogP) is 2.18. The summed E-state index contributed by atoms with van der Waals surface area (Å²) in [6.45, 7) is 5.39. The zero-order valence-corrected chi connectivity index (χ0v) is 7.34. The Labute approximate surface area is 68.0 Å². The van der Waals surface area contributed by atoms with Crippen LogP contribution in [0, 0.1) is 0 Å². The van der Waals surface area contributed by atoms with Gasteiger partial charge in [-0.25, -0.2) is 4.79 Å². The summed E-state index contributed by atoms with van der Waals surface area (Å²) >= 11 is 0. The first kappa shape index (κ1) is 10.3. The van der Waals surface area contributed by atoms with Gasteiger partial charge in [-0.3, -0.25) is 0 Å². The molecule has 1 amide bonds. The number of hydrogen-bond donors (Lipinski definition) is 1. The minimum atomic E-state index is -0.791. The van der Waals surface area contributed by atoms with Crippen LogP contribution in [-0.2, 0) is 0 Å². The van der Waals surface area contributed by atoms with Crippen molar-refractivity contribution < 1.29 is 9.90 Å². The number of unbranched alkanes of at least 4 members (excludes halogenated alkanes) is 1. The quantitative estimate of drug-likeness (QED) is 0.667. The Kier molecular flexibility index (Phi) is 5.61. The highest BCUT2D eigenvalue weighted by Gasteiger charge is 2.07. The Morgan fingerprint density at radius 2 is 1.91 bits per heavy atom. The number of nitrogens with zero attached hydrogens (tertiary/aromatic N) is 1. The first-order chi connectivity index (χ1) is 5.22. The summed E-state index contributed by atoms with van der Waals surface area (Å²) in [6, 6.07) is 0. The van der Waals surface area contributed by atoms with Gasteiger partial charge in [0.25, 0.3) is 0 Å². The van der Waals surface area contributed by atoms with E-state index >= 15 is 0 Å². The van der Waals surface area contributed by atoms with E-state index in [4.69, 9.17) is 5.11 Å². The van der Waals surface area contributed by atoms with Crippen LogP contribution in [0.15, 0.2) is 0 Å². The van der Waals surface area contributed by atoms with Crippen molar-refractivity contribution in [1.82, 2.24) is 4.90 Å². The lowest BCUT2D eigenvalue weighted by atomic mass is 10.3. The molecule has 3 heteroatoms. The van der Waals surface area contributed by atoms with Gasteiger partial charge in [0.05, 0.1) is 0 Å². The molecule has 0 aromatic carbocycles. The number of carbonyl (C=O) groups is 1. The second-order valence-electron chi connectivity index (χ2n) is 2.62. The zero-order chi connectivity index (χ0) is 8.69. The molecule has 0 bridgehead atoms. The topological polar surface area (TPSA) is 40.5 Å². The molecule has 0 aliphatic rings. The first-order valence-electron chi connectivity index (χ1n) is 4.20. The molecule has 0 rings (SSSR count). The largest absolute Gasteiger partial charge is 0.465 e. The zero-order valence-electron chi connectivity index (χ0n) is 7.34. The van der Waals surface area contributed by atoms with Crippen molar-refractivity contribution in [2.75, 3.05) is 13.1 Å². The lowest BCUT2D eigenvalue weighted by molar-refractivity contribution is 0.144. The van der Waals surface area contributed by atoms with Gasteiger partial charge in [0.2, 0.25) is 0 Å². The summed E-state index contributed by atoms with van der Waals surface area (Å²) < 4.78 is 0. The van der Waals surface area contributed by atoms with E-state index in [0.29, 0.717) is 13.1 Å². The van der Waals surface area contributed by atoms with Crippen LogP contribution in [0.3, 0.4) is 0 Å². The van der Waals surface area contributed by atoms with Crippen molar-refractivity contribution in [3.63, 3.8) is 0 Å². The number of rotatable bonds is 5. The predicted molar refractivity (Wildman–Crippen MR) is 44.8 cm³/mol. The van der Waals surface area contributed by atoms with Crippen molar-refractivity contribution in [3.05, 3.63) is 0 Å². The van der Waals surface area contributed by atoms with Crippen LogP contribution >= 0.6 is 0 Å². The van der Waals surface area contributed by atoms with E-state index in [9.17, 15) is 4.79 Å². The molecule has 11 heavy (non-hydrogen) atoms. The highest BCUT2D eigenvalue weighted by Crippen LogP contribution is 1.96. The van der Waals surface area contributed by atoms with Crippen molar-refractivity contribution in [2.24, 2.45) is 0 Å². The second-order valence-corrected chi connectivity index (χ2v) is 2.62. The van der Waals surface area contributed by atoms with Crippen LogP contribution in [0.4, 0.5) is 4.79 Å². The molecule has 0 aliphatic carbocycles. The second kappa shape index (κ2) is 6.01. The molecule has 0 aromatic heterocycles. The highest BCUT2D eigenvalue weighted by atomic mass is 16.4. The first-order valence-corrected chi connectivity index (χ1v) is 4.20. The maximum atomic E-state index is 10.5. The molecular formula is C8H17NO2. The Hall–Kier alpha value is -0.730. The molecule has 66 valence electrons. The Balaban J connectivity index is 3.60. The van der Waals surface area contributed by atoms with Crippen LogP contribution < -0.4 is 0 Å². The van der Waals surface area contributed by atoms with Crippen molar-refractivity contribution in [3.8, 4) is 0 Å². The molecule has 1 N–H and O–H groups in total. The maximum absolute atomic E-state index is 10.5. The normalized spacial score (nSPS) is 9.64. The van der Waals surface area contributed by atoms with Gasteiger partial charge in [-0.2, -0.15) is 0 Å². The standard InChI is InChI=1S/C8H17NO2/c1-3-5-7-9(6-4-2)8(10)11/h3-7H2,1-2H3,(H,10,11). The highest BCUT2D eigenvalue weighted by molar-refractivity contribution is 5.64. The molecule has 0 spiro atoms. The monoisotopic (exact) mass is 159 g/mol. The molecule has 0 radical (unpaired) electrons. The Morgan fingerprint density at radius 1 is 1.27 bits per heavy atom. The van der Waals surface area contributed by atoms with Gasteiger partial charge in [0.1, 0.15) is 0 Å². The SMILES string of the molecule is CCCCN(CCC)C(=O)O. The maximum Gasteiger partial charge on any atom is 0.407 e. The van der Waals surface area contributed by atoms with Crippen molar-refractivity contribution in [2.45, 2.75) is 33.1 Å². The van der Waals surface area contributed by atoms with Crippen LogP contribution in [0.2, 0.25) is 0 Å². The summed E-state index contributed by atoms with van der Waals surface area (Å²) in [7, 11) is 0. The molecule has 0 fully saturated rings. The fourth-order valence-electron chi connectivity index (χ4n) is 0.922. The third-order valence-electron chi connectivity index (χ3n) is 1.55. The molecule has 3 nitrogen and oxygen atoms in total. The van der Waals surface area contributed by atoms with Gasteiger partial charge in [-0.05, 0) is 12.8 Å². The molecule has 0 heterocycles. The van der Waals surface area contributed by atoms with E-state index in [-0.39, 0.29) is 0 Å². The van der Waals surface area contributed by atoms with Crippen LogP contribution in [0.25, 0.3) is 0 Å². The molecular weight excluding hydrogens is 142 g/mol. The van der Waals surface area contributed by atoms with Crippen molar-refractivity contribution in [1.29, 1.82) is 0 Å². The summed E-state index contributed by atoms with van der Waals surface area (Å²) in [6.07, 6.45) is 2.12. The van der Waals surface area contributed by atoms with Gasteiger partial charge in [-0.1, -0.05) is 20.3 Å². The average Bonchev–Trinajstić information content (AvgIpc) is 1.97. The molecule has 0 atom stereocenters. The lowest BCUT2D eigenvalue weighted by Crippen LogP contribution is -2.30. The van der Waals surface area contributed by atoms with Crippen LogP contribution in [0.1, 0.15) is 33.1 Å². The van der Waals surface area contributed by atoms with E-state index in [0.717, 1.165) is 19.3 Å². The molecule has 0 unspecified atom stereocenters. The van der Waals surface area contributed by atoms with Gasteiger partial charge in [-0.15, -0.1) is 0 Å². The molecule has 0 saturated carbocycles. The van der Waals surface area contributed by atoms with Gasteiger partial charge < -0.3 is 10.0 Å². The van der Waals surface area contributed by atoms with E-state index in [1.54, 1.807) is 0 Å². The van der Waals surface area contributed by atoms with E-state index < -0.39 is 6.09 Å². The minimum absolute atomic E-state index is 0.662. The van der Waals surface area contributed by atoms with Crippen LogP contribution in [-0.4, -0.2) is 29.2 Å². The lowest BCUT2D eigenvalue weighted by Gasteiger charge is -2.17. The summed E-state index contributed by atoms with van der Waals surface area (Å²) in [5, 5.41) is 8.66. The Bertz CT molecular complexity index is 115. The third kappa shape index (κ3) is 4.65. The Morgan fingerprint density at radius 3 is 2.27 bits per heavy atom. The fourth-order valence-corrected chi connectivity index (χ4v) is 0.922. The fraction of sp³-hybridized carbons (Fsp3) is 0.875. The molecule has 0 saturated heterocycles. The van der Waals surface area contributed by atoms with E-state index in [1.807, 2.05) is 6.92 Å².